The number of anilines is 1. The van der Waals surface area contributed by atoms with Gasteiger partial charge < -0.3 is 15.2 Å². The number of ether oxygens (including phenoxy) is 1. The molecule has 0 bridgehead atoms. The maximum absolute atomic E-state index is 13.6. The molecule has 2 N–H and O–H groups in total. The quantitative estimate of drug-likeness (QED) is 0.800. The molecular weight excluding hydrogens is 361 g/mol. The molecule has 0 radical (unpaired) electrons. The first-order valence-electron chi connectivity index (χ1n) is 6.30. The van der Waals surface area contributed by atoms with Crippen molar-refractivity contribution in [2.45, 2.75) is 6.10 Å². The van der Waals surface area contributed by atoms with Gasteiger partial charge >= 0.3 is 0 Å². The highest BCUT2D eigenvalue weighted by Crippen LogP contribution is 2.22. The predicted molar refractivity (Wildman–Crippen MR) is 85.5 cm³/mol. The van der Waals surface area contributed by atoms with Gasteiger partial charge in [-0.1, -0.05) is 39.7 Å². The molecular formula is C15H14BrClFNO2. The van der Waals surface area contributed by atoms with Crippen LogP contribution in [0.1, 0.15) is 0 Å². The van der Waals surface area contributed by atoms with E-state index in [0.717, 1.165) is 4.47 Å². The number of nitrogens with one attached hydrogen (secondary N) is 1. The Kier molecular flexibility index (Phi) is 5.85. The lowest BCUT2D eigenvalue weighted by atomic mass is 10.3. The summed E-state index contributed by atoms with van der Waals surface area (Å²) < 4.78 is 20.0. The maximum atomic E-state index is 13.6. The van der Waals surface area contributed by atoms with Crippen LogP contribution in [0.25, 0.3) is 0 Å². The van der Waals surface area contributed by atoms with Crippen molar-refractivity contribution in [1.82, 2.24) is 0 Å². The fraction of sp³-hybridized carbons (Fsp3) is 0.200. The molecule has 112 valence electrons. The summed E-state index contributed by atoms with van der Waals surface area (Å²) in [6.07, 6.45) is -0.776. The predicted octanol–water partition coefficient (Wildman–Crippen LogP) is 4.09. The van der Waals surface area contributed by atoms with E-state index >= 15 is 0 Å². The van der Waals surface area contributed by atoms with Crippen LogP contribution in [0.4, 0.5) is 10.1 Å². The number of benzene rings is 2. The summed E-state index contributed by atoms with van der Waals surface area (Å²) in [5.41, 5.74) is 0.254. The van der Waals surface area contributed by atoms with Crippen LogP contribution in [-0.4, -0.2) is 24.4 Å². The summed E-state index contributed by atoms with van der Waals surface area (Å²) in [6, 6.07) is 12.0. The van der Waals surface area contributed by atoms with E-state index in [2.05, 4.69) is 21.2 Å². The lowest BCUT2D eigenvalue weighted by Crippen LogP contribution is -2.26. The first-order valence-corrected chi connectivity index (χ1v) is 7.47. The number of halogens is 3. The molecule has 2 rings (SSSR count). The summed E-state index contributed by atoms with van der Waals surface area (Å²) in [5, 5.41) is 12.7. The van der Waals surface area contributed by atoms with Crippen molar-refractivity contribution in [3.8, 4) is 5.75 Å². The molecule has 0 aliphatic rings. The van der Waals surface area contributed by atoms with Crippen molar-refractivity contribution >= 4 is 33.2 Å². The van der Waals surface area contributed by atoms with Gasteiger partial charge in [-0.15, -0.1) is 0 Å². The lowest BCUT2D eigenvalue weighted by molar-refractivity contribution is 0.117. The minimum Gasteiger partial charge on any atom is -0.491 e. The van der Waals surface area contributed by atoms with Crippen molar-refractivity contribution in [1.29, 1.82) is 0 Å². The topological polar surface area (TPSA) is 41.5 Å². The van der Waals surface area contributed by atoms with Crippen LogP contribution in [0.2, 0.25) is 5.02 Å². The molecule has 0 aliphatic heterocycles. The largest absolute Gasteiger partial charge is 0.491 e. The molecule has 0 aliphatic carbocycles. The van der Waals surface area contributed by atoms with Gasteiger partial charge in [-0.3, -0.25) is 0 Å². The van der Waals surface area contributed by atoms with E-state index in [0.29, 0.717) is 5.75 Å². The van der Waals surface area contributed by atoms with Gasteiger partial charge in [-0.2, -0.15) is 0 Å². The zero-order chi connectivity index (χ0) is 15.2. The van der Waals surface area contributed by atoms with Crippen LogP contribution < -0.4 is 10.1 Å². The monoisotopic (exact) mass is 373 g/mol. The molecule has 0 aromatic heterocycles. The molecule has 1 atom stereocenters. The number of aliphatic hydroxyl groups excluding tert-OH is 1. The van der Waals surface area contributed by atoms with Crippen LogP contribution in [0.3, 0.4) is 0 Å². The van der Waals surface area contributed by atoms with E-state index in [-0.39, 0.29) is 23.9 Å². The number of hydrogen-bond donors (Lipinski definition) is 2. The first kappa shape index (κ1) is 16.1. The standard InChI is InChI=1S/C15H14BrClFNO2/c16-10-3-1-4-12(7-10)21-9-11(20)8-19-14-6-2-5-13(17)15(14)18/h1-7,11,19-20H,8-9H2. The van der Waals surface area contributed by atoms with E-state index in [9.17, 15) is 9.50 Å². The van der Waals surface area contributed by atoms with Gasteiger partial charge in [-0.05, 0) is 30.3 Å². The highest BCUT2D eigenvalue weighted by molar-refractivity contribution is 9.10. The Hall–Kier alpha value is -1.30. The molecule has 0 heterocycles. The minimum atomic E-state index is -0.776. The normalized spacial score (nSPS) is 12.0. The molecule has 3 nitrogen and oxygen atoms in total. The SMILES string of the molecule is OC(CNc1cccc(Cl)c1F)COc1cccc(Br)c1. The number of hydrogen-bond acceptors (Lipinski definition) is 3. The van der Waals surface area contributed by atoms with Gasteiger partial charge in [0, 0.05) is 11.0 Å². The van der Waals surface area contributed by atoms with Gasteiger partial charge in [-0.25, -0.2) is 4.39 Å². The Bertz CT molecular complexity index is 612. The zero-order valence-electron chi connectivity index (χ0n) is 11.0. The average Bonchev–Trinajstić information content (AvgIpc) is 2.47. The number of aliphatic hydroxyl groups is 1. The molecule has 2 aromatic carbocycles. The average molecular weight is 375 g/mol. The lowest BCUT2D eigenvalue weighted by Gasteiger charge is -2.14. The van der Waals surface area contributed by atoms with Crippen molar-refractivity contribution in [3.63, 3.8) is 0 Å². The third kappa shape index (κ3) is 4.88. The Morgan fingerprint density at radius 1 is 1.29 bits per heavy atom. The minimum absolute atomic E-state index is 0.0416. The molecule has 6 heteroatoms. The molecule has 0 amide bonds. The van der Waals surface area contributed by atoms with Crippen LogP contribution >= 0.6 is 27.5 Å². The summed E-state index contributed by atoms with van der Waals surface area (Å²) in [7, 11) is 0. The molecule has 21 heavy (non-hydrogen) atoms. The van der Waals surface area contributed by atoms with E-state index in [1.54, 1.807) is 24.3 Å². The highest BCUT2D eigenvalue weighted by Gasteiger charge is 2.09. The van der Waals surface area contributed by atoms with Gasteiger partial charge in [0.05, 0.1) is 10.7 Å². The fourth-order valence-corrected chi connectivity index (χ4v) is 2.23. The van der Waals surface area contributed by atoms with E-state index in [1.165, 1.54) is 6.07 Å². The highest BCUT2D eigenvalue weighted by atomic mass is 79.9. The molecule has 2 aromatic rings. The Morgan fingerprint density at radius 2 is 2.05 bits per heavy atom. The van der Waals surface area contributed by atoms with Crippen molar-refractivity contribution < 1.29 is 14.2 Å². The summed E-state index contributed by atoms with van der Waals surface area (Å²) in [4.78, 5) is 0. The van der Waals surface area contributed by atoms with Gasteiger partial charge in [0.15, 0.2) is 5.82 Å². The molecule has 1 unspecified atom stereocenters. The summed E-state index contributed by atoms with van der Waals surface area (Å²) in [6.45, 7) is 0.261. The Balaban J connectivity index is 1.82. The van der Waals surface area contributed by atoms with E-state index in [1.807, 2.05) is 12.1 Å². The Morgan fingerprint density at radius 3 is 2.81 bits per heavy atom. The smallest absolute Gasteiger partial charge is 0.164 e. The van der Waals surface area contributed by atoms with Crippen LogP contribution in [0.15, 0.2) is 46.9 Å². The third-order valence-corrected chi connectivity index (χ3v) is 3.50. The fourth-order valence-electron chi connectivity index (χ4n) is 1.68. The molecule has 0 saturated carbocycles. The second kappa shape index (κ2) is 7.64. The third-order valence-electron chi connectivity index (χ3n) is 2.72. The Labute approximate surface area is 135 Å². The van der Waals surface area contributed by atoms with Crippen molar-refractivity contribution in [2.24, 2.45) is 0 Å². The van der Waals surface area contributed by atoms with E-state index in [4.69, 9.17) is 16.3 Å². The van der Waals surface area contributed by atoms with Gasteiger partial charge in [0.2, 0.25) is 0 Å². The summed E-state index contributed by atoms with van der Waals surface area (Å²) >= 11 is 9.01. The maximum Gasteiger partial charge on any atom is 0.164 e. The zero-order valence-corrected chi connectivity index (χ0v) is 13.4. The second-order valence-electron chi connectivity index (χ2n) is 4.40. The first-order chi connectivity index (χ1) is 10.1. The molecule has 0 spiro atoms. The van der Waals surface area contributed by atoms with Gasteiger partial charge in [0.25, 0.3) is 0 Å². The van der Waals surface area contributed by atoms with Crippen molar-refractivity contribution in [3.05, 3.63) is 57.8 Å². The van der Waals surface area contributed by atoms with Gasteiger partial charge in [0.1, 0.15) is 18.5 Å². The molecule has 0 saturated heterocycles. The number of rotatable bonds is 6. The summed E-state index contributed by atoms with van der Waals surface area (Å²) in [5.74, 6) is 0.122. The van der Waals surface area contributed by atoms with Crippen LogP contribution in [0.5, 0.6) is 5.75 Å². The van der Waals surface area contributed by atoms with Crippen LogP contribution in [0, 0.1) is 5.82 Å². The van der Waals surface area contributed by atoms with E-state index < -0.39 is 11.9 Å². The van der Waals surface area contributed by atoms with Crippen molar-refractivity contribution in [2.75, 3.05) is 18.5 Å². The second-order valence-corrected chi connectivity index (χ2v) is 5.73. The van der Waals surface area contributed by atoms with Crippen LogP contribution in [-0.2, 0) is 0 Å². The molecule has 0 fully saturated rings.